The summed E-state index contributed by atoms with van der Waals surface area (Å²) in [5.74, 6) is -1.78. The molecule has 0 N–H and O–H groups in total. The fourth-order valence-corrected chi connectivity index (χ4v) is 4.19. The molecular formula is C24H15FNNaO2. The Morgan fingerprint density at radius 1 is 0.897 bits per heavy atom. The number of hydrogen-bond acceptors (Lipinski definition) is 3. The molecule has 0 amide bonds. The number of benzene rings is 3. The summed E-state index contributed by atoms with van der Waals surface area (Å²) in [4.78, 5) is 16.7. The van der Waals surface area contributed by atoms with Gasteiger partial charge in [-0.15, -0.1) is 0 Å². The SMILES string of the molecule is O=C([O-])c1c2c(nc3ccc(F)cc13)-c1cccc(-c3ccccc3)c1CC2.[Na+]. The van der Waals surface area contributed by atoms with E-state index in [-0.39, 0.29) is 35.1 Å². The molecule has 3 aromatic carbocycles. The summed E-state index contributed by atoms with van der Waals surface area (Å²) in [5, 5.41) is 12.2. The second-order valence-corrected chi connectivity index (χ2v) is 6.96. The zero-order valence-corrected chi connectivity index (χ0v) is 17.9. The van der Waals surface area contributed by atoms with Crippen molar-refractivity contribution in [2.24, 2.45) is 0 Å². The van der Waals surface area contributed by atoms with Crippen LogP contribution >= 0.6 is 0 Å². The molecule has 136 valence electrons. The normalized spacial score (nSPS) is 12.0. The van der Waals surface area contributed by atoms with E-state index in [1.807, 2.05) is 30.3 Å². The molecule has 0 saturated heterocycles. The van der Waals surface area contributed by atoms with Gasteiger partial charge in [-0.1, -0.05) is 48.5 Å². The number of pyridine rings is 1. The summed E-state index contributed by atoms with van der Waals surface area (Å²) in [6, 6.07) is 20.2. The summed E-state index contributed by atoms with van der Waals surface area (Å²) in [7, 11) is 0. The van der Waals surface area contributed by atoms with Crippen LogP contribution in [0.3, 0.4) is 0 Å². The topological polar surface area (TPSA) is 53.0 Å². The second-order valence-electron chi connectivity index (χ2n) is 6.96. The summed E-state index contributed by atoms with van der Waals surface area (Å²) < 4.78 is 13.8. The molecule has 0 radical (unpaired) electrons. The molecule has 1 aromatic heterocycles. The van der Waals surface area contributed by atoms with Crippen molar-refractivity contribution >= 4 is 16.9 Å². The van der Waals surface area contributed by atoms with Crippen LogP contribution in [0.2, 0.25) is 0 Å². The molecule has 4 aromatic rings. The molecular weight excluding hydrogens is 376 g/mol. The van der Waals surface area contributed by atoms with Crippen LogP contribution in [-0.2, 0) is 12.8 Å². The number of fused-ring (bicyclic) bond motifs is 4. The van der Waals surface area contributed by atoms with Crippen molar-refractivity contribution in [3.63, 3.8) is 0 Å². The monoisotopic (exact) mass is 391 g/mol. The number of carboxylic acids is 1. The Morgan fingerprint density at radius 3 is 2.38 bits per heavy atom. The molecule has 1 aliphatic carbocycles. The molecule has 29 heavy (non-hydrogen) atoms. The van der Waals surface area contributed by atoms with Gasteiger partial charge in [0.2, 0.25) is 0 Å². The van der Waals surface area contributed by atoms with E-state index >= 15 is 0 Å². The number of carbonyl (C=O) groups excluding carboxylic acids is 1. The number of rotatable bonds is 2. The van der Waals surface area contributed by atoms with E-state index in [0.29, 0.717) is 35.0 Å². The second kappa shape index (κ2) is 7.71. The Bertz CT molecular complexity index is 1250. The van der Waals surface area contributed by atoms with Crippen LogP contribution in [0.25, 0.3) is 33.3 Å². The minimum atomic E-state index is -1.29. The molecule has 3 nitrogen and oxygen atoms in total. The third-order valence-corrected chi connectivity index (χ3v) is 5.39. The molecule has 0 aliphatic heterocycles. The van der Waals surface area contributed by atoms with Gasteiger partial charge in [0.05, 0.1) is 17.2 Å². The predicted molar refractivity (Wildman–Crippen MR) is 104 cm³/mol. The number of hydrogen-bond donors (Lipinski definition) is 0. The van der Waals surface area contributed by atoms with Crippen LogP contribution in [0.1, 0.15) is 21.5 Å². The van der Waals surface area contributed by atoms with Crippen molar-refractivity contribution in [2.45, 2.75) is 12.8 Å². The molecule has 1 aliphatic rings. The average Bonchev–Trinajstić information content (AvgIpc) is 2.72. The minimum absolute atomic E-state index is 0. The number of aromatic carboxylic acids is 1. The standard InChI is InChI=1S/C24H16FNO2.Na/c25-15-9-12-21-20(13-15)22(24(27)28)19-11-10-17-16(14-5-2-1-3-6-14)7-4-8-18(17)23(19)26-21;/h1-9,12-13H,10-11H2,(H,27,28);/q;+1/p-1. The zero-order chi connectivity index (χ0) is 19.3. The zero-order valence-electron chi connectivity index (χ0n) is 15.9. The van der Waals surface area contributed by atoms with Crippen LogP contribution < -0.4 is 34.7 Å². The van der Waals surface area contributed by atoms with E-state index in [9.17, 15) is 14.3 Å². The molecule has 5 rings (SSSR count). The first-order chi connectivity index (χ1) is 13.6. The van der Waals surface area contributed by atoms with Gasteiger partial charge in [-0.05, 0) is 53.3 Å². The fourth-order valence-electron chi connectivity index (χ4n) is 4.19. The Labute approximate surface area is 189 Å². The summed E-state index contributed by atoms with van der Waals surface area (Å²) in [5.41, 5.74) is 6.10. The molecule has 5 heteroatoms. The number of nitrogens with zero attached hydrogens (tertiary/aromatic N) is 1. The van der Waals surface area contributed by atoms with Crippen LogP contribution in [0, 0.1) is 5.82 Å². The Kier molecular flexibility index (Phi) is 5.26. The van der Waals surface area contributed by atoms with Gasteiger partial charge < -0.3 is 9.90 Å². The maximum absolute atomic E-state index is 13.8. The number of carbonyl (C=O) groups is 1. The smallest absolute Gasteiger partial charge is 0.545 e. The predicted octanol–water partition coefficient (Wildman–Crippen LogP) is 1.17. The van der Waals surface area contributed by atoms with Gasteiger partial charge in [0, 0.05) is 16.5 Å². The summed E-state index contributed by atoms with van der Waals surface area (Å²) in [6.07, 6.45) is 1.21. The Morgan fingerprint density at radius 2 is 1.62 bits per heavy atom. The van der Waals surface area contributed by atoms with Gasteiger partial charge in [0.1, 0.15) is 5.82 Å². The van der Waals surface area contributed by atoms with E-state index in [2.05, 4.69) is 18.2 Å². The van der Waals surface area contributed by atoms with Crippen molar-refractivity contribution in [1.82, 2.24) is 4.98 Å². The summed E-state index contributed by atoms with van der Waals surface area (Å²) in [6.45, 7) is 0. The quantitative estimate of drug-likeness (QED) is 0.482. The number of aromatic nitrogens is 1. The molecule has 0 atom stereocenters. The van der Waals surface area contributed by atoms with Crippen molar-refractivity contribution in [3.05, 3.63) is 89.2 Å². The average molecular weight is 391 g/mol. The molecule has 0 saturated carbocycles. The summed E-state index contributed by atoms with van der Waals surface area (Å²) >= 11 is 0. The molecule has 0 spiro atoms. The van der Waals surface area contributed by atoms with E-state index in [1.54, 1.807) is 0 Å². The maximum Gasteiger partial charge on any atom is 1.00 e. The van der Waals surface area contributed by atoms with Crippen LogP contribution in [-0.4, -0.2) is 11.0 Å². The van der Waals surface area contributed by atoms with Gasteiger partial charge in [0.15, 0.2) is 0 Å². The van der Waals surface area contributed by atoms with Gasteiger partial charge in [0.25, 0.3) is 0 Å². The van der Waals surface area contributed by atoms with Crippen molar-refractivity contribution in [2.75, 3.05) is 0 Å². The van der Waals surface area contributed by atoms with Gasteiger partial charge in [-0.3, -0.25) is 0 Å². The first kappa shape index (κ1) is 19.8. The largest absolute Gasteiger partial charge is 1.00 e. The van der Waals surface area contributed by atoms with E-state index in [4.69, 9.17) is 4.98 Å². The van der Waals surface area contributed by atoms with Crippen LogP contribution in [0.5, 0.6) is 0 Å². The van der Waals surface area contributed by atoms with Crippen molar-refractivity contribution in [3.8, 4) is 22.4 Å². The first-order valence-electron chi connectivity index (χ1n) is 9.14. The fraction of sp³-hybridized carbons (Fsp3) is 0.0833. The van der Waals surface area contributed by atoms with Gasteiger partial charge in [-0.2, -0.15) is 0 Å². The maximum atomic E-state index is 13.8. The number of halogens is 1. The molecule has 1 heterocycles. The molecule has 0 fully saturated rings. The third-order valence-electron chi connectivity index (χ3n) is 5.39. The number of carboxylic acid groups (broad SMARTS) is 1. The van der Waals surface area contributed by atoms with Crippen molar-refractivity contribution < 1.29 is 43.8 Å². The van der Waals surface area contributed by atoms with Crippen LogP contribution in [0.15, 0.2) is 66.7 Å². The van der Waals surface area contributed by atoms with Gasteiger partial charge in [-0.25, -0.2) is 9.37 Å². The minimum Gasteiger partial charge on any atom is -0.545 e. The van der Waals surface area contributed by atoms with E-state index < -0.39 is 11.8 Å². The van der Waals surface area contributed by atoms with E-state index in [0.717, 1.165) is 22.3 Å². The molecule has 0 bridgehead atoms. The Hall–Kier alpha value is -2.53. The van der Waals surface area contributed by atoms with Crippen molar-refractivity contribution in [1.29, 1.82) is 0 Å². The third kappa shape index (κ3) is 3.27. The molecule has 0 unspecified atom stereocenters. The van der Waals surface area contributed by atoms with Crippen LogP contribution in [0.4, 0.5) is 4.39 Å². The Balaban J connectivity index is 0.00000205. The van der Waals surface area contributed by atoms with E-state index in [1.165, 1.54) is 18.2 Å². The van der Waals surface area contributed by atoms with Gasteiger partial charge >= 0.3 is 29.6 Å². The first-order valence-corrected chi connectivity index (χ1v) is 9.14.